The van der Waals surface area contributed by atoms with Crippen LogP contribution in [0.4, 0.5) is 5.69 Å². The average Bonchev–Trinajstić information content (AvgIpc) is 2.49. The van der Waals surface area contributed by atoms with Crippen molar-refractivity contribution in [2.24, 2.45) is 0 Å². The summed E-state index contributed by atoms with van der Waals surface area (Å²) < 4.78 is 0. The van der Waals surface area contributed by atoms with Crippen LogP contribution in [0, 0.1) is 0 Å². The minimum Gasteiger partial charge on any atom is -0.398 e. The van der Waals surface area contributed by atoms with E-state index in [1.54, 1.807) is 25.1 Å². The van der Waals surface area contributed by atoms with Crippen LogP contribution < -0.4 is 11.1 Å². The molecule has 0 saturated heterocycles. The molecule has 1 heterocycles. The van der Waals surface area contributed by atoms with Crippen molar-refractivity contribution in [3.05, 3.63) is 35.4 Å². The number of nitrogens with zero attached hydrogens (tertiary/aromatic N) is 1. The van der Waals surface area contributed by atoms with Crippen LogP contribution in [0.5, 0.6) is 0 Å². The highest BCUT2D eigenvalue weighted by Gasteiger charge is 2.13. The van der Waals surface area contributed by atoms with Gasteiger partial charge in [-0.05, 0) is 30.7 Å². The number of amides is 1. The molecule has 0 aliphatic carbocycles. The molecule has 4 nitrogen and oxygen atoms in total. The Kier molecular flexibility index (Phi) is 6.25. The second kappa shape index (κ2) is 7.70. The van der Waals surface area contributed by atoms with E-state index in [9.17, 15) is 4.79 Å². The van der Waals surface area contributed by atoms with Crippen LogP contribution in [-0.2, 0) is 0 Å². The second-order valence-electron chi connectivity index (χ2n) is 4.69. The molecule has 0 fully saturated rings. The van der Waals surface area contributed by atoms with Crippen molar-refractivity contribution >= 4 is 17.2 Å². The zero-order chi connectivity index (χ0) is 15.1. The molecule has 2 rings (SSSR count). The highest BCUT2D eigenvalue weighted by molar-refractivity contribution is 5.95. The predicted octanol–water partition coefficient (Wildman–Crippen LogP) is 2.37. The van der Waals surface area contributed by atoms with Gasteiger partial charge in [0.2, 0.25) is 0 Å². The molecule has 0 atom stereocenters. The van der Waals surface area contributed by atoms with Gasteiger partial charge in [0, 0.05) is 37.5 Å². The smallest absolute Gasteiger partial charge is 0.253 e. The van der Waals surface area contributed by atoms with Crippen molar-refractivity contribution in [2.45, 2.75) is 20.3 Å². The quantitative estimate of drug-likeness (QED) is 0.815. The van der Waals surface area contributed by atoms with E-state index in [0.717, 1.165) is 25.1 Å². The summed E-state index contributed by atoms with van der Waals surface area (Å²) in [4.78, 5) is 13.4. The number of benzene rings is 1. The van der Waals surface area contributed by atoms with Crippen LogP contribution in [0.25, 0.3) is 5.57 Å². The summed E-state index contributed by atoms with van der Waals surface area (Å²) in [6.45, 7) is 5.86. The van der Waals surface area contributed by atoms with E-state index in [2.05, 4.69) is 11.4 Å². The van der Waals surface area contributed by atoms with Gasteiger partial charge in [0.05, 0.1) is 0 Å². The summed E-state index contributed by atoms with van der Waals surface area (Å²) in [5.74, 6) is -0.0208. The molecule has 1 aliphatic heterocycles. The maximum atomic E-state index is 11.8. The third kappa shape index (κ3) is 3.84. The number of anilines is 1. The fourth-order valence-corrected chi connectivity index (χ4v) is 2.11. The van der Waals surface area contributed by atoms with E-state index in [1.807, 2.05) is 26.0 Å². The standard InChI is InChI=1S/C14H19N3O.C2H6/c1-17(2)14(18)11-3-4-12(13(15)9-11)10-5-7-16-8-6-10;1-2/h3-5,9,16H,6-8,15H2,1-2H3;1-2H3. The van der Waals surface area contributed by atoms with Crippen molar-refractivity contribution in [2.75, 3.05) is 32.9 Å². The minimum absolute atomic E-state index is 0.0208. The topological polar surface area (TPSA) is 58.4 Å². The largest absolute Gasteiger partial charge is 0.398 e. The molecular weight excluding hydrogens is 250 g/mol. The van der Waals surface area contributed by atoms with E-state index in [1.165, 1.54) is 5.57 Å². The zero-order valence-corrected chi connectivity index (χ0v) is 12.9. The van der Waals surface area contributed by atoms with Gasteiger partial charge >= 0.3 is 0 Å². The SMILES string of the molecule is CC.CN(C)C(=O)c1ccc(C2=CCNCC2)c(N)c1. The predicted molar refractivity (Wildman–Crippen MR) is 85.7 cm³/mol. The zero-order valence-electron chi connectivity index (χ0n) is 12.9. The number of hydrogen-bond acceptors (Lipinski definition) is 3. The highest BCUT2D eigenvalue weighted by atomic mass is 16.2. The first-order valence-corrected chi connectivity index (χ1v) is 7.11. The number of nitrogens with two attached hydrogens (primary N) is 1. The molecule has 4 heteroatoms. The van der Waals surface area contributed by atoms with E-state index in [4.69, 9.17) is 5.73 Å². The van der Waals surface area contributed by atoms with Gasteiger partial charge in [-0.1, -0.05) is 26.0 Å². The summed E-state index contributed by atoms with van der Waals surface area (Å²) in [5, 5.41) is 3.27. The molecule has 20 heavy (non-hydrogen) atoms. The van der Waals surface area contributed by atoms with Crippen molar-refractivity contribution in [3.8, 4) is 0 Å². The molecular formula is C16H25N3O. The number of carbonyl (C=O) groups excluding carboxylic acids is 1. The number of nitrogens with one attached hydrogen (secondary N) is 1. The maximum absolute atomic E-state index is 11.8. The first kappa shape index (κ1) is 16.2. The minimum atomic E-state index is -0.0208. The molecule has 0 saturated carbocycles. The molecule has 0 spiro atoms. The second-order valence-corrected chi connectivity index (χ2v) is 4.69. The third-order valence-electron chi connectivity index (χ3n) is 3.11. The Morgan fingerprint density at radius 2 is 2.00 bits per heavy atom. The Morgan fingerprint density at radius 3 is 2.50 bits per heavy atom. The Hall–Kier alpha value is -1.81. The Bertz CT molecular complexity index is 492. The van der Waals surface area contributed by atoms with Crippen molar-refractivity contribution in [1.29, 1.82) is 0 Å². The molecule has 0 aromatic heterocycles. The molecule has 3 N–H and O–H groups in total. The van der Waals surface area contributed by atoms with Gasteiger partial charge in [-0.15, -0.1) is 0 Å². The number of nitrogen functional groups attached to an aromatic ring is 1. The van der Waals surface area contributed by atoms with Gasteiger partial charge in [0.15, 0.2) is 0 Å². The van der Waals surface area contributed by atoms with Gasteiger partial charge in [-0.25, -0.2) is 0 Å². The monoisotopic (exact) mass is 275 g/mol. The van der Waals surface area contributed by atoms with Gasteiger partial charge in [-0.2, -0.15) is 0 Å². The summed E-state index contributed by atoms with van der Waals surface area (Å²) >= 11 is 0. The molecule has 1 aromatic rings. The summed E-state index contributed by atoms with van der Waals surface area (Å²) in [6, 6.07) is 5.56. The molecule has 1 aromatic carbocycles. The van der Waals surface area contributed by atoms with Crippen LogP contribution in [0.3, 0.4) is 0 Å². The van der Waals surface area contributed by atoms with Gasteiger partial charge in [-0.3, -0.25) is 4.79 Å². The molecule has 0 radical (unpaired) electrons. The number of hydrogen-bond donors (Lipinski definition) is 2. The van der Waals surface area contributed by atoms with Crippen LogP contribution in [0.15, 0.2) is 24.3 Å². The third-order valence-corrected chi connectivity index (χ3v) is 3.11. The normalized spacial score (nSPS) is 13.9. The Labute approximate surface area is 121 Å². The fraction of sp³-hybridized carbons (Fsp3) is 0.438. The van der Waals surface area contributed by atoms with E-state index >= 15 is 0 Å². The fourth-order valence-electron chi connectivity index (χ4n) is 2.11. The summed E-state index contributed by atoms with van der Waals surface area (Å²) in [7, 11) is 3.48. The Balaban J connectivity index is 0.000000956. The lowest BCUT2D eigenvalue weighted by molar-refractivity contribution is 0.0827. The molecule has 1 aliphatic rings. The van der Waals surface area contributed by atoms with Crippen LogP contribution >= 0.6 is 0 Å². The molecule has 110 valence electrons. The number of carbonyl (C=O) groups is 1. The van der Waals surface area contributed by atoms with Crippen LogP contribution in [0.1, 0.15) is 36.2 Å². The lowest BCUT2D eigenvalue weighted by atomic mass is 9.97. The van der Waals surface area contributed by atoms with E-state index in [-0.39, 0.29) is 5.91 Å². The van der Waals surface area contributed by atoms with Gasteiger partial charge < -0.3 is 16.0 Å². The van der Waals surface area contributed by atoms with E-state index < -0.39 is 0 Å². The Morgan fingerprint density at radius 1 is 1.30 bits per heavy atom. The van der Waals surface area contributed by atoms with Crippen molar-refractivity contribution < 1.29 is 4.79 Å². The van der Waals surface area contributed by atoms with Crippen molar-refractivity contribution in [3.63, 3.8) is 0 Å². The first-order valence-electron chi connectivity index (χ1n) is 7.11. The summed E-state index contributed by atoms with van der Waals surface area (Å²) in [6.07, 6.45) is 3.13. The van der Waals surface area contributed by atoms with Crippen LogP contribution in [-0.4, -0.2) is 38.0 Å². The number of rotatable bonds is 2. The van der Waals surface area contributed by atoms with Crippen molar-refractivity contribution in [1.82, 2.24) is 10.2 Å². The lowest BCUT2D eigenvalue weighted by Crippen LogP contribution is -2.22. The lowest BCUT2D eigenvalue weighted by Gasteiger charge is -2.17. The summed E-state index contributed by atoms with van der Waals surface area (Å²) in [5.41, 5.74) is 9.68. The molecule has 0 unspecified atom stereocenters. The van der Waals surface area contributed by atoms with Crippen LogP contribution in [0.2, 0.25) is 0 Å². The first-order chi connectivity index (χ1) is 9.59. The molecule has 0 bridgehead atoms. The average molecular weight is 275 g/mol. The highest BCUT2D eigenvalue weighted by Crippen LogP contribution is 2.26. The van der Waals surface area contributed by atoms with Gasteiger partial charge in [0.25, 0.3) is 5.91 Å². The van der Waals surface area contributed by atoms with E-state index in [0.29, 0.717) is 11.3 Å². The van der Waals surface area contributed by atoms with Gasteiger partial charge in [0.1, 0.15) is 0 Å². The maximum Gasteiger partial charge on any atom is 0.253 e. The molecule has 1 amide bonds.